The van der Waals surface area contributed by atoms with Crippen molar-refractivity contribution in [3.05, 3.63) is 34.9 Å². The van der Waals surface area contributed by atoms with Gasteiger partial charge in [-0.05, 0) is 24.3 Å². The Bertz CT molecular complexity index is 359. The molecule has 0 aliphatic carbocycles. The molecular formula is C12H13Cl3O3. The molecule has 0 N–H and O–H groups in total. The molecular weight excluding hydrogens is 298 g/mol. The van der Waals surface area contributed by atoms with Crippen LogP contribution in [-0.4, -0.2) is 37.0 Å². The van der Waals surface area contributed by atoms with Crippen LogP contribution >= 0.6 is 34.8 Å². The van der Waals surface area contributed by atoms with Crippen molar-refractivity contribution in [3.8, 4) is 0 Å². The van der Waals surface area contributed by atoms with Gasteiger partial charge in [0.1, 0.15) is 0 Å². The lowest BCUT2D eigenvalue weighted by molar-refractivity contribution is -0.106. The third kappa shape index (κ3) is 5.12. The fourth-order valence-electron chi connectivity index (χ4n) is 1.25. The average Bonchev–Trinajstić information content (AvgIpc) is 2.39. The van der Waals surface area contributed by atoms with Crippen LogP contribution in [0, 0.1) is 0 Å². The van der Waals surface area contributed by atoms with Gasteiger partial charge in [0.15, 0.2) is 0 Å². The van der Waals surface area contributed by atoms with Crippen LogP contribution < -0.4 is 0 Å². The van der Waals surface area contributed by atoms with Gasteiger partial charge < -0.3 is 9.47 Å². The number of ketones is 1. The maximum atomic E-state index is 12.1. The molecule has 1 aromatic carbocycles. The standard InChI is InChI=1S/C12H13Cl3O3/c13-5-7-17-12(18-8-6-14)11(16)9-1-3-10(15)4-2-9/h1-4,12H,5-8H2. The van der Waals surface area contributed by atoms with Gasteiger partial charge in [0.25, 0.3) is 0 Å². The summed E-state index contributed by atoms with van der Waals surface area (Å²) in [6.45, 7) is 0.460. The van der Waals surface area contributed by atoms with Gasteiger partial charge in [0.05, 0.1) is 13.2 Å². The summed E-state index contributed by atoms with van der Waals surface area (Å²) in [7, 11) is 0. The second kappa shape index (κ2) is 8.73. The highest BCUT2D eigenvalue weighted by Crippen LogP contribution is 2.13. The number of carbonyl (C=O) groups is 1. The van der Waals surface area contributed by atoms with Gasteiger partial charge in [-0.3, -0.25) is 4.79 Å². The number of Topliss-reactive ketones (excluding diaryl/α,β-unsaturated/α-hetero) is 1. The Balaban J connectivity index is 2.70. The number of hydrogen-bond acceptors (Lipinski definition) is 3. The Kier molecular flexibility index (Phi) is 7.63. The van der Waals surface area contributed by atoms with Gasteiger partial charge in [0, 0.05) is 22.3 Å². The molecule has 0 spiro atoms. The first-order chi connectivity index (χ1) is 8.69. The van der Waals surface area contributed by atoms with Crippen LogP contribution in [0.2, 0.25) is 5.02 Å². The summed E-state index contributed by atoms with van der Waals surface area (Å²) in [6, 6.07) is 6.50. The zero-order valence-electron chi connectivity index (χ0n) is 9.57. The van der Waals surface area contributed by atoms with Crippen molar-refractivity contribution in [2.45, 2.75) is 6.29 Å². The van der Waals surface area contributed by atoms with Gasteiger partial charge in [-0.1, -0.05) is 11.6 Å². The van der Waals surface area contributed by atoms with Crippen molar-refractivity contribution in [2.24, 2.45) is 0 Å². The normalized spacial score (nSPS) is 10.9. The minimum atomic E-state index is -0.983. The summed E-state index contributed by atoms with van der Waals surface area (Å²) < 4.78 is 10.5. The monoisotopic (exact) mass is 310 g/mol. The van der Waals surface area contributed by atoms with E-state index in [1.807, 2.05) is 0 Å². The molecule has 100 valence electrons. The smallest absolute Gasteiger partial charge is 0.222 e. The SMILES string of the molecule is O=C(c1ccc(Cl)cc1)C(OCCCl)OCCCl. The van der Waals surface area contributed by atoms with Crippen molar-refractivity contribution in [2.75, 3.05) is 25.0 Å². The van der Waals surface area contributed by atoms with E-state index in [-0.39, 0.29) is 30.8 Å². The van der Waals surface area contributed by atoms with Gasteiger partial charge in [-0.2, -0.15) is 0 Å². The van der Waals surface area contributed by atoms with E-state index < -0.39 is 6.29 Å². The third-order valence-corrected chi connectivity index (χ3v) is 2.60. The minimum Gasteiger partial charge on any atom is -0.344 e. The summed E-state index contributed by atoms with van der Waals surface area (Å²) in [5, 5.41) is 0.562. The molecule has 0 saturated heterocycles. The Morgan fingerprint density at radius 3 is 2.00 bits per heavy atom. The zero-order chi connectivity index (χ0) is 13.4. The number of hydrogen-bond donors (Lipinski definition) is 0. The van der Waals surface area contributed by atoms with Crippen LogP contribution in [0.15, 0.2) is 24.3 Å². The summed E-state index contributed by atoms with van der Waals surface area (Å²) in [5.74, 6) is 0.297. The fourth-order valence-corrected chi connectivity index (χ4v) is 1.56. The molecule has 0 aliphatic rings. The van der Waals surface area contributed by atoms with E-state index in [4.69, 9.17) is 44.3 Å². The number of rotatable bonds is 8. The minimum absolute atomic E-state index is 0.230. The molecule has 18 heavy (non-hydrogen) atoms. The number of benzene rings is 1. The summed E-state index contributed by atoms with van der Waals surface area (Å²) in [6.07, 6.45) is -0.983. The lowest BCUT2D eigenvalue weighted by Crippen LogP contribution is -2.29. The van der Waals surface area contributed by atoms with Gasteiger partial charge >= 0.3 is 0 Å². The fraction of sp³-hybridized carbons (Fsp3) is 0.417. The maximum absolute atomic E-state index is 12.1. The highest BCUT2D eigenvalue weighted by Gasteiger charge is 2.21. The second-order valence-corrected chi connectivity index (χ2v) is 4.51. The third-order valence-electron chi connectivity index (χ3n) is 2.04. The maximum Gasteiger partial charge on any atom is 0.222 e. The molecule has 0 aromatic heterocycles. The van der Waals surface area contributed by atoms with Gasteiger partial charge in [-0.15, -0.1) is 23.2 Å². The first-order valence-electron chi connectivity index (χ1n) is 5.34. The molecule has 6 heteroatoms. The topological polar surface area (TPSA) is 35.5 Å². The molecule has 3 nitrogen and oxygen atoms in total. The van der Waals surface area contributed by atoms with Crippen LogP contribution in [0.5, 0.6) is 0 Å². The van der Waals surface area contributed by atoms with E-state index in [0.717, 1.165) is 0 Å². The predicted octanol–water partition coefficient (Wildman–Crippen LogP) is 3.36. The zero-order valence-corrected chi connectivity index (χ0v) is 11.8. The number of ether oxygens (including phenoxy) is 2. The van der Waals surface area contributed by atoms with E-state index in [2.05, 4.69) is 0 Å². The van der Waals surface area contributed by atoms with Crippen LogP contribution in [0.4, 0.5) is 0 Å². The summed E-state index contributed by atoms with van der Waals surface area (Å²) >= 11 is 16.8. The Labute approximate surface area is 121 Å². The largest absolute Gasteiger partial charge is 0.344 e. The number of alkyl halides is 2. The Hall–Kier alpha value is -0.320. The molecule has 1 rings (SSSR count). The Morgan fingerprint density at radius 2 is 1.56 bits per heavy atom. The Morgan fingerprint density at radius 1 is 1.06 bits per heavy atom. The summed E-state index contributed by atoms with van der Waals surface area (Å²) in [5.41, 5.74) is 0.466. The van der Waals surface area contributed by atoms with Crippen LogP contribution in [0.3, 0.4) is 0 Å². The lowest BCUT2D eigenvalue weighted by atomic mass is 10.1. The van der Waals surface area contributed by atoms with E-state index >= 15 is 0 Å². The summed E-state index contributed by atoms with van der Waals surface area (Å²) in [4.78, 5) is 12.1. The molecule has 0 saturated carbocycles. The van der Waals surface area contributed by atoms with E-state index in [0.29, 0.717) is 10.6 Å². The highest BCUT2D eigenvalue weighted by molar-refractivity contribution is 6.30. The molecule has 0 amide bonds. The first-order valence-corrected chi connectivity index (χ1v) is 6.78. The average molecular weight is 312 g/mol. The first kappa shape index (κ1) is 15.7. The predicted molar refractivity (Wildman–Crippen MR) is 72.9 cm³/mol. The van der Waals surface area contributed by atoms with Crippen molar-refractivity contribution >= 4 is 40.6 Å². The van der Waals surface area contributed by atoms with Crippen molar-refractivity contribution in [3.63, 3.8) is 0 Å². The molecule has 0 atom stereocenters. The van der Waals surface area contributed by atoms with Crippen molar-refractivity contribution < 1.29 is 14.3 Å². The lowest BCUT2D eigenvalue weighted by Gasteiger charge is -2.16. The second-order valence-electron chi connectivity index (χ2n) is 3.32. The van der Waals surface area contributed by atoms with E-state index in [1.165, 1.54) is 0 Å². The molecule has 0 unspecified atom stereocenters. The molecule has 1 aromatic rings. The van der Waals surface area contributed by atoms with E-state index in [1.54, 1.807) is 24.3 Å². The molecule has 0 fully saturated rings. The van der Waals surface area contributed by atoms with Crippen LogP contribution in [0.1, 0.15) is 10.4 Å². The van der Waals surface area contributed by atoms with Crippen molar-refractivity contribution in [1.82, 2.24) is 0 Å². The van der Waals surface area contributed by atoms with Crippen LogP contribution in [0.25, 0.3) is 0 Å². The molecule has 0 aliphatic heterocycles. The van der Waals surface area contributed by atoms with Crippen molar-refractivity contribution in [1.29, 1.82) is 0 Å². The van der Waals surface area contributed by atoms with Gasteiger partial charge in [-0.25, -0.2) is 0 Å². The molecule has 0 bridgehead atoms. The highest BCUT2D eigenvalue weighted by atomic mass is 35.5. The number of halogens is 3. The van der Waals surface area contributed by atoms with E-state index in [9.17, 15) is 4.79 Å². The quantitative estimate of drug-likeness (QED) is 0.419. The van der Waals surface area contributed by atoms with Gasteiger partial charge in [0.2, 0.25) is 12.1 Å². The molecule has 0 radical (unpaired) electrons. The van der Waals surface area contributed by atoms with Crippen LogP contribution in [-0.2, 0) is 9.47 Å². The number of carbonyl (C=O) groups excluding carboxylic acids is 1. The molecule has 0 heterocycles.